The van der Waals surface area contributed by atoms with E-state index in [0.717, 1.165) is 6.42 Å². The third kappa shape index (κ3) is 2.70. The summed E-state index contributed by atoms with van der Waals surface area (Å²) in [5, 5.41) is 0. The molecule has 0 radical (unpaired) electrons. The topological polar surface area (TPSA) is 63.7 Å². The van der Waals surface area contributed by atoms with Crippen molar-refractivity contribution in [2.24, 2.45) is 35.5 Å². The third-order valence-electron chi connectivity index (χ3n) is 7.29. The van der Waals surface area contributed by atoms with Crippen LogP contribution in [0.2, 0.25) is 0 Å². The van der Waals surface area contributed by atoms with Crippen molar-refractivity contribution in [3.05, 3.63) is 72.1 Å². The van der Waals surface area contributed by atoms with Gasteiger partial charge in [-0.25, -0.2) is 9.29 Å². The molecule has 3 fully saturated rings. The molecule has 2 bridgehead atoms. The molecule has 31 heavy (non-hydrogen) atoms. The Hall–Kier alpha value is -3.28. The zero-order valence-corrected chi connectivity index (χ0v) is 16.6. The Morgan fingerprint density at radius 1 is 0.935 bits per heavy atom. The maximum Gasteiger partial charge on any atom is 0.238 e. The molecule has 4 aliphatic carbocycles. The highest BCUT2D eigenvalue weighted by atomic mass is 19.1. The van der Waals surface area contributed by atoms with E-state index in [-0.39, 0.29) is 47.9 Å². The smallest absolute Gasteiger partial charge is 0.238 e. The van der Waals surface area contributed by atoms with Crippen LogP contribution in [0.1, 0.15) is 16.8 Å². The molecule has 1 saturated heterocycles. The molecule has 2 amide bonds. The zero-order chi connectivity index (χ0) is 21.3. The van der Waals surface area contributed by atoms with Crippen LogP contribution in [0.15, 0.2) is 60.7 Å². The van der Waals surface area contributed by atoms with Gasteiger partial charge < -0.3 is 4.74 Å². The second-order valence-corrected chi connectivity index (χ2v) is 8.85. The number of ketones is 1. The number of Topliss-reactive ketones (excluding diaryl/α,β-unsaturated/α-hetero) is 1. The van der Waals surface area contributed by atoms with Gasteiger partial charge in [-0.05, 0) is 66.5 Å². The van der Waals surface area contributed by atoms with E-state index in [1.165, 1.54) is 29.2 Å². The monoisotopic (exact) mass is 417 g/mol. The van der Waals surface area contributed by atoms with E-state index in [9.17, 15) is 18.8 Å². The molecule has 0 aromatic heterocycles. The number of benzene rings is 2. The van der Waals surface area contributed by atoms with E-state index < -0.39 is 5.82 Å². The Morgan fingerprint density at radius 2 is 1.55 bits per heavy atom. The first-order valence-corrected chi connectivity index (χ1v) is 10.6. The first-order valence-electron chi connectivity index (χ1n) is 10.6. The number of hydrogen-bond acceptors (Lipinski definition) is 4. The van der Waals surface area contributed by atoms with Crippen LogP contribution in [0.3, 0.4) is 0 Å². The number of halogens is 1. The number of allylic oxidation sites excluding steroid dienone is 2. The van der Waals surface area contributed by atoms with Crippen molar-refractivity contribution in [1.29, 1.82) is 0 Å². The van der Waals surface area contributed by atoms with Gasteiger partial charge in [-0.1, -0.05) is 24.3 Å². The summed E-state index contributed by atoms with van der Waals surface area (Å²) < 4.78 is 18.8. The van der Waals surface area contributed by atoms with Crippen molar-refractivity contribution in [2.75, 3.05) is 11.5 Å². The highest BCUT2D eigenvalue weighted by molar-refractivity contribution is 6.23. The van der Waals surface area contributed by atoms with E-state index >= 15 is 0 Å². The van der Waals surface area contributed by atoms with E-state index in [2.05, 4.69) is 12.2 Å². The Kier molecular flexibility index (Phi) is 3.94. The average molecular weight is 417 g/mol. The predicted molar refractivity (Wildman–Crippen MR) is 110 cm³/mol. The molecular weight excluding hydrogens is 397 g/mol. The lowest BCUT2D eigenvalue weighted by Gasteiger charge is -2.37. The largest absolute Gasteiger partial charge is 0.483 e. The third-order valence-corrected chi connectivity index (χ3v) is 7.29. The number of carbonyl (C=O) groups is 3. The van der Waals surface area contributed by atoms with Gasteiger partial charge in [0.1, 0.15) is 11.6 Å². The maximum atomic E-state index is 13.4. The fourth-order valence-electron chi connectivity index (χ4n) is 5.82. The SMILES string of the molecule is O=C(COc1ccccc1N1C(=O)[C@@H]2[C@@H]3C=C[C@H]([C@H]4C[C@@H]34)[C@@H]2C1=O)c1ccc(F)cc1. The Balaban J connectivity index is 1.26. The maximum absolute atomic E-state index is 13.4. The molecule has 156 valence electrons. The summed E-state index contributed by atoms with van der Waals surface area (Å²) in [6, 6.07) is 12.1. The van der Waals surface area contributed by atoms with Crippen LogP contribution in [0, 0.1) is 41.3 Å². The molecule has 6 atom stereocenters. The fourth-order valence-corrected chi connectivity index (χ4v) is 5.82. The first kappa shape index (κ1) is 18.5. The Morgan fingerprint density at radius 3 is 2.19 bits per heavy atom. The lowest BCUT2D eigenvalue weighted by molar-refractivity contribution is -0.124. The van der Waals surface area contributed by atoms with Crippen LogP contribution in [-0.2, 0) is 9.59 Å². The quantitative estimate of drug-likeness (QED) is 0.423. The van der Waals surface area contributed by atoms with Gasteiger partial charge in [0, 0.05) is 5.56 Å². The number of amides is 2. The number of nitrogens with zero attached hydrogens (tertiary/aromatic N) is 1. The van der Waals surface area contributed by atoms with Crippen molar-refractivity contribution in [1.82, 2.24) is 0 Å². The number of para-hydroxylation sites is 2. The second-order valence-electron chi connectivity index (χ2n) is 8.85. The number of rotatable bonds is 5. The molecule has 5 aliphatic rings. The average Bonchev–Trinajstić information content (AvgIpc) is 3.56. The molecule has 2 saturated carbocycles. The highest BCUT2D eigenvalue weighted by Gasteiger charge is 2.67. The number of imide groups is 1. The summed E-state index contributed by atoms with van der Waals surface area (Å²) in [5.41, 5.74) is 0.715. The Labute approximate surface area is 178 Å². The van der Waals surface area contributed by atoms with Crippen molar-refractivity contribution in [3.8, 4) is 5.75 Å². The van der Waals surface area contributed by atoms with Gasteiger partial charge in [0.15, 0.2) is 12.4 Å². The van der Waals surface area contributed by atoms with Gasteiger partial charge in [-0.15, -0.1) is 0 Å². The lowest BCUT2D eigenvalue weighted by Crippen LogP contribution is -2.40. The zero-order valence-electron chi connectivity index (χ0n) is 16.6. The van der Waals surface area contributed by atoms with Gasteiger partial charge in [0.2, 0.25) is 11.8 Å². The van der Waals surface area contributed by atoms with Crippen molar-refractivity contribution >= 4 is 23.3 Å². The standard InChI is InChI=1S/C25H20FNO4/c26-14-7-5-13(6-8-14)20(28)12-31-21-4-2-1-3-19(21)27-24(29)22-15-9-10-16(18-11-17(15)18)23(22)25(27)30/h1-10,15-18,22-23H,11-12H2/t15-,16-,17-,18+,22+,23-/m1/s1. The Bertz CT molecular complexity index is 1100. The van der Waals surface area contributed by atoms with Crippen LogP contribution >= 0.6 is 0 Å². The van der Waals surface area contributed by atoms with Gasteiger partial charge in [0.25, 0.3) is 0 Å². The van der Waals surface area contributed by atoms with E-state index in [1.807, 2.05) is 0 Å². The van der Waals surface area contributed by atoms with Crippen LogP contribution in [0.5, 0.6) is 5.75 Å². The summed E-state index contributed by atoms with van der Waals surface area (Å²) in [6.45, 7) is -0.275. The van der Waals surface area contributed by atoms with Gasteiger partial charge >= 0.3 is 0 Å². The molecule has 0 N–H and O–H groups in total. The van der Waals surface area contributed by atoms with Crippen molar-refractivity contribution < 1.29 is 23.5 Å². The molecule has 2 aromatic carbocycles. The number of hydrogen-bond donors (Lipinski definition) is 0. The number of ether oxygens (including phenoxy) is 1. The molecule has 5 nitrogen and oxygen atoms in total. The van der Waals surface area contributed by atoms with E-state index in [1.54, 1.807) is 24.3 Å². The second kappa shape index (κ2) is 6.61. The van der Waals surface area contributed by atoms with Crippen LogP contribution in [-0.4, -0.2) is 24.2 Å². The minimum Gasteiger partial charge on any atom is -0.483 e. The molecule has 0 spiro atoms. The molecule has 7 rings (SSSR count). The molecule has 0 unspecified atom stereocenters. The van der Waals surface area contributed by atoms with Gasteiger partial charge in [-0.3, -0.25) is 14.4 Å². The number of anilines is 1. The van der Waals surface area contributed by atoms with Gasteiger partial charge in [-0.2, -0.15) is 0 Å². The molecule has 1 aliphatic heterocycles. The number of carbonyl (C=O) groups excluding carboxylic acids is 3. The van der Waals surface area contributed by atoms with Crippen molar-refractivity contribution in [2.45, 2.75) is 6.42 Å². The fraction of sp³-hybridized carbons (Fsp3) is 0.320. The minimum absolute atomic E-state index is 0.148. The summed E-state index contributed by atoms with van der Waals surface area (Å²) in [6.07, 6.45) is 5.39. The highest BCUT2D eigenvalue weighted by Crippen LogP contribution is 2.65. The van der Waals surface area contributed by atoms with Crippen LogP contribution in [0.25, 0.3) is 0 Å². The molecular formula is C25H20FNO4. The summed E-state index contributed by atoms with van der Waals surface area (Å²) >= 11 is 0. The van der Waals surface area contributed by atoms with E-state index in [0.29, 0.717) is 28.8 Å². The van der Waals surface area contributed by atoms with E-state index in [4.69, 9.17) is 4.74 Å². The van der Waals surface area contributed by atoms with Crippen LogP contribution < -0.4 is 9.64 Å². The molecule has 1 heterocycles. The van der Waals surface area contributed by atoms with Crippen LogP contribution in [0.4, 0.5) is 10.1 Å². The van der Waals surface area contributed by atoms with Crippen molar-refractivity contribution in [3.63, 3.8) is 0 Å². The van der Waals surface area contributed by atoms with Gasteiger partial charge in [0.05, 0.1) is 17.5 Å². The summed E-state index contributed by atoms with van der Waals surface area (Å²) in [7, 11) is 0. The lowest BCUT2D eigenvalue weighted by atomic mass is 9.63. The molecule has 2 aromatic rings. The summed E-state index contributed by atoms with van der Waals surface area (Å²) in [5.74, 6) is 0.0244. The summed E-state index contributed by atoms with van der Waals surface area (Å²) in [4.78, 5) is 40.4. The molecule has 6 heteroatoms. The minimum atomic E-state index is -0.420. The first-order chi connectivity index (χ1) is 15.0. The predicted octanol–water partition coefficient (Wildman–Crippen LogP) is 3.64. The normalized spacial score (nSPS) is 32.1.